The molecule has 0 bridgehead atoms. The second-order valence-electron chi connectivity index (χ2n) is 2.82. The molecule has 0 saturated carbocycles. The molecule has 0 amide bonds. The predicted octanol–water partition coefficient (Wildman–Crippen LogP) is 1.99. The molecule has 1 heterocycles. The molecule has 66 valence electrons. The Kier molecular flexibility index (Phi) is 3.22. The summed E-state index contributed by atoms with van der Waals surface area (Å²) in [5, 5.41) is 0. The van der Waals surface area contributed by atoms with Crippen LogP contribution in [-0.2, 0) is 0 Å². The average molecular weight is 173 g/mol. The molecule has 0 radical (unpaired) electrons. The zero-order valence-corrected chi connectivity index (χ0v) is 7.58. The number of aromatic nitrogens is 1. The molecule has 2 heteroatoms. The SMILES string of the molecule is C#CCCC(=O)c1cnccc1C. The molecule has 0 N–H and O–H groups in total. The van der Waals surface area contributed by atoms with Gasteiger partial charge in [-0.3, -0.25) is 9.78 Å². The van der Waals surface area contributed by atoms with Gasteiger partial charge in [-0.25, -0.2) is 0 Å². The van der Waals surface area contributed by atoms with Crippen LogP contribution in [0.25, 0.3) is 0 Å². The molecule has 0 fully saturated rings. The smallest absolute Gasteiger partial charge is 0.165 e. The van der Waals surface area contributed by atoms with E-state index in [0.717, 1.165) is 5.56 Å². The van der Waals surface area contributed by atoms with Gasteiger partial charge in [0.2, 0.25) is 0 Å². The number of carbonyl (C=O) groups is 1. The molecule has 1 aromatic rings. The lowest BCUT2D eigenvalue weighted by molar-refractivity contribution is 0.0983. The maximum Gasteiger partial charge on any atom is 0.165 e. The molecule has 0 aromatic carbocycles. The Morgan fingerprint density at radius 2 is 2.46 bits per heavy atom. The van der Waals surface area contributed by atoms with Gasteiger partial charge in [-0.15, -0.1) is 12.3 Å². The Labute approximate surface area is 78.0 Å². The summed E-state index contributed by atoms with van der Waals surface area (Å²) in [6.45, 7) is 1.89. The van der Waals surface area contributed by atoms with Gasteiger partial charge in [0.1, 0.15) is 0 Å². The molecule has 2 nitrogen and oxygen atoms in total. The molecule has 1 rings (SSSR count). The molecule has 0 aliphatic carbocycles. The van der Waals surface area contributed by atoms with Crippen LogP contribution < -0.4 is 0 Å². The highest BCUT2D eigenvalue weighted by atomic mass is 16.1. The number of aryl methyl sites for hydroxylation is 1. The largest absolute Gasteiger partial charge is 0.294 e. The van der Waals surface area contributed by atoms with Crippen molar-refractivity contribution in [2.24, 2.45) is 0 Å². The second-order valence-corrected chi connectivity index (χ2v) is 2.82. The summed E-state index contributed by atoms with van der Waals surface area (Å²) in [4.78, 5) is 15.4. The van der Waals surface area contributed by atoms with Crippen LogP contribution >= 0.6 is 0 Å². The fourth-order valence-electron chi connectivity index (χ4n) is 1.08. The van der Waals surface area contributed by atoms with Gasteiger partial charge < -0.3 is 0 Å². The molecule has 0 spiro atoms. The molecule has 1 aromatic heterocycles. The van der Waals surface area contributed by atoms with Crippen molar-refractivity contribution < 1.29 is 4.79 Å². The van der Waals surface area contributed by atoms with Crippen LogP contribution in [0.3, 0.4) is 0 Å². The van der Waals surface area contributed by atoms with Gasteiger partial charge >= 0.3 is 0 Å². The number of hydrogen-bond donors (Lipinski definition) is 0. The van der Waals surface area contributed by atoms with Crippen molar-refractivity contribution in [3.63, 3.8) is 0 Å². The minimum Gasteiger partial charge on any atom is -0.294 e. The lowest BCUT2D eigenvalue weighted by atomic mass is 10.0. The molecule has 0 atom stereocenters. The van der Waals surface area contributed by atoms with Crippen LogP contribution in [0.1, 0.15) is 28.8 Å². The number of ketones is 1. The van der Waals surface area contributed by atoms with E-state index < -0.39 is 0 Å². The Bertz CT molecular complexity index is 349. The Balaban J connectivity index is 2.78. The summed E-state index contributed by atoms with van der Waals surface area (Å²) < 4.78 is 0. The highest BCUT2D eigenvalue weighted by Gasteiger charge is 2.07. The van der Waals surface area contributed by atoms with E-state index in [2.05, 4.69) is 10.9 Å². The predicted molar refractivity (Wildman–Crippen MR) is 51.4 cm³/mol. The first-order chi connectivity index (χ1) is 6.25. The lowest BCUT2D eigenvalue weighted by Gasteiger charge is -2.01. The fourth-order valence-corrected chi connectivity index (χ4v) is 1.08. The van der Waals surface area contributed by atoms with Crippen LogP contribution in [0.2, 0.25) is 0 Å². The first kappa shape index (κ1) is 9.47. The molecular weight excluding hydrogens is 162 g/mol. The maximum atomic E-state index is 11.5. The third kappa shape index (κ3) is 2.41. The van der Waals surface area contributed by atoms with Gasteiger partial charge in [0.05, 0.1) is 0 Å². The van der Waals surface area contributed by atoms with Crippen LogP contribution in [0.5, 0.6) is 0 Å². The standard InChI is InChI=1S/C11H11NO/c1-3-4-5-11(13)10-8-12-7-6-9(10)2/h1,6-8H,4-5H2,2H3. The summed E-state index contributed by atoms with van der Waals surface area (Å²) in [5.41, 5.74) is 1.63. The Morgan fingerprint density at radius 3 is 3.08 bits per heavy atom. The average Bonchev–Trinajstić information content (AvgIpc) is 2.15. The van der Waals surface area contributed by atoms with Crippen molar-refractivity contribution in [3.05, 3.63) is 29.6 Å². The number of Topliss-reactive ketones (excluding diaryl/α,β-unsaturated/α-hetero) is 1. The van der Waals surface area contributed by atoms with Gasteiger partial charge in [-0.2, -0.15) is 0 Å². The summed E-state index contributed by atoms with van der Waals surface area (Å²) in [5.74, 6) is 2.52. The minimum atomic E-state index is 0.0727. The van der Waals surface area contributed by atoms with Crippen molar-refractivity contribution in [2.45, 2.75) is 19.8 Å². The van der Waals surface area contributed by atoms with E-state index in [1.807, 2.05) is 13.0 Å². The third-order valence-electron chi connectivity index (χ3n) is 1.84. The topological polar surface area (TPSA) is 30.0 Å². The van der Waals surface area contributed by atoms with E-state index in [1.54, 1.807) is 12.4 Å². The van der Waals surface area contributed by atoms with Crippen LogP contribution in [-0.4, -0.2) is 10.8 Å². The number of hydrogen-bond acceptors (Lipinski definition) is 2. The van der Waals surface area contributed by atoms with Gasteiger partial charge in [-0.05, 0) is 18.6 Å². The fraction of sp³-hybridized carbons (Fsp3) is 0.273. The highest BCUT2D eigenvalue weighted by Crippen LogP contribution is 2.08. The van der Waals surface area contributed by atoms with Crippen molar-refractivity contribution >= 4 is 5.78 Å². The van der Waals surface area contributed by atoms with Crippen LogP contribution in [0, 0.1) is 19.3 Å². The Morgan fingerprint density at radius 1 is 1.69 bits per heavy atom. The van der Waals surface area contributed by atoms with Crippen molar-refractivity contribution in [1.29, 1.82) is 0 Å². The van der Waals surface area contributed by atoms with Crippen LogP contribution in [0.15, 0.2) is 18.5 Å². The summed E-state index contributed by atoms with van der Waals surface area (Å²) >= 11 is 0. The Hall–Kier alpha value is -1.62. The second kappa shape index (κ2) is 4.42. The quantitative estimate of drug-likeness (QED) is 0.516. The number of rotatable bonds is 3. The molecule has 13 heavy (non-hydrogen) atoms. The van der Waals surface area contributed by atoms with E-state index in [4.69, 9.17) is 6.42 Å². The van der Waals surface area contributed by atoms with Crippen molar-refractivity contribution in [1.82, 2.24) is 4.98 Å². The van der Waals surface area contributed by atoms with Gasteiger partial charge in [0, 0.05) is 30.8 Å². The van der Waals surface area contributed by atoms with Gasteiger partial charge in [0.15, 0.2) is 5.78 Å². The minimum absolute atomic E-state index is 0.0727. The number of nitrogens with zero attached hydrogens (tertiary/aromatic N) is 1. The van der Waals surface area contributed by atoms with Gasteiger partial charge in [0.25, 0.3) is 0 Å². The van der Waals surface area contributed by atoms with Gasteiger partial charge in [-0.1, -0.05) is 0 Å². The van der Waals surface area contributed by atoms with E-state index in [0.29, 0.717) is 18.4 Å². The number of terminal acetylenes is 1. The first-order valence-electron chi connectivity index (χ1n) is 4.13. The zero-order valence-electron chi connectivity index (χ0n) is 7.58. The van der Waals surface area contributed by atoms with E-state index >= 15 is 0 Å². The van der Waals surface area contributed by atoms with E-state index in [1.165, 1.54) is 0 Å². The third-order valence-corrected chi connectivity index (χ3v) is 1.84. The van der Waals surface area contributed by atoms with Crippen molar-refractivity contribution in [2.75, 3.05) is 0 Å². The monoisotopic (exact) mass is 173 g/mol. The summed E-state index contributed by atoms with van der Waals surface area (Å²) in [6.07, 6.45) is 9.24. The number of pyridine rings is 1. The molecule has 0 aliphatic heterocycles. The molecule has 0 saturated heterocycles. The molecule has 0 aliphatic rings. The summed E-state index contributed by atoms with van der Waals surface area (Å²) in [6, 6.07) is 1.82. The summed E-state index contributed by atoms with van der Waals surface area (Å²) in [7, 11) is 0. The van der Waals surface area contributed by atoms with Crippen LogP contribution in [0.4, 0.5) is 0 Å². The molecule has 0 unspecified atom stereocenters. The highest BCUT2D eigenvalue weighted by molar-refractivity contribution is 5.97. The zero-order chi connectivity index (χ0) is 9.68. The lowest BCUT2D eigenvalue weighted by Crippen LogP contribution is -2.01. The van der Waals surface area contributed by atoms with Crippen molar-refractivity contribution in [3.8, 4) is 12.3 Å². The first-order valence-corrected chi connectivity index (χ1v) is 4.13. The number of carbonyl (C=O) groups excluding carboxylic acids is 1. The maximum absolute atomic E-state index is 11.5. The molecular formula is C11H11NO. The van der Waals surface area contributed by atoms with E-state index in [-0.39, 0.29) is 5.78 Å². The van der Waals surface area contributed by atoms with E-state index in [9.17, 15) is 4.79 Å². The normalized spacial score (nSPS) is 9.23.